The first-order valence-corrected chi connectivity index (χ1v) is 4.42. The van der Waals surface area contributed by atoms with E-state index in [4.69, 9.17) is 16.3 Å². The van der Waals surface area contributed by atoms with Gasteiger partial charge in [-0.25, -0.2) is 4.79 Å². The molecule has 68 valence electrons. The van der Waals surface area contributed by atoms with Gasteiger partial charge in [0, 0.05) is 12.7 Å². The molecule has 1 heterocycles. The van der Waals surface area contributed by atoms with Gasteiger partial charge >= 0.3 is 6.09 Å². The Morgan fingerprint density at radius 2 is 2.50 bits per heavy atom. The zero-order valence-corrected chi connectivity index (χ0v) is 7.75. The van der Waals surface area contributed by atoms with E-state index in [2.05, 4.69) is 0 Å². The molecular formula is C8H12ClNO2. The van der Waals surface area contributed by atoms with Crippen LogP contribution >= 0.6 is 11.6 Å². The van der Waals surface area contributed by atoms with Gasteiger partial charge < -0.3 is 4.74 Å². The average Bonchev–Trinajstić information content (AvgIpc) is 2.05. The second-order valence-electron chi connectivity index (χ2n) is 2.65. The summed E-state index contributed by atoms with van der Waals surface area (Å²) >= 11 is 5.50. The molecule has 1 aliphatic heterocycles. The fourth-order valence-corrected chi connectivity index (χ4v) is 1.09. The quantitative estimate of drug-likeness (QED) is 0.593. The number of allylic oxidation sites excluding steroid dienone is 1. The second kappa shape index (κ2) is 4.36. The molecule has 4 heteroatoms. The normalized spacial score (nSPS) is 19.0. The zero-order valence-electron chi connectivity index (χ0n) is 7.00. The smallest absolute Gasteiger partial charge is 0.415 e. The first kappa shape index (κ1) is 9.39. The van der Waals surface area contributed by atoms with Crippen molar-refractivity contribution in [1.82, 2.24) is 4.90 Å². The van der Waals surface area contributed by atoms with E-state index in [1.165, 1.54) is 4.90 Å². The van der Waals surface area contributed by atoms with Crippen LogP contribution in [0.2, 0.25) is 0 Å². The molecule has 0 saturated heterocycles. The highest BCUT2D eigenvalue weighted by molar-refractivity contribution is 6.19. The molecule has 3 nitrogen and oxygen atoms in total. The van der Waals surface area contributed by atoms with Crippen LogP contribution < -0.4 is 0 Å². The summed E-state index contributed by atoms with van der Waals surface area (Å²) in [4.78, 5) is 12.7. The molecule has 0 fully saturated rings. The van der Waals surface area contributed by atoms with Crippen molar-refractivity contribution in [3.05, 3.63) is 12.3 Å². The topological polar surface area (TPSA) is 29.5 Å². The molecular weight excluding hydrogens is 178 g/mol. The van der Waals surface area contributed by atoms with Crippen LogP contribution in [-0.2, 0) is 4.74 Å². The first-order valence-electron chi connectivity index (χ1n) is 3.98. The Bertz CT molecular complexity index is 191. The minimum Gasteiger partial charge on any atom is -0.430 e. The third-order valence-electron chi connectivity index (χ3n) is 1.55. The Balaban J connectivity index is 2.40. The van der Waals surface area contributed by atoms with Gasteiger partial charge in [-0.3, -0.25) is 4.90 Å². The molecule has 1 aliphatic rings. The molecule has 1 amide bonds. The van der Waals surface area contributed by atoms with Crippen LogP contribution in [0.15, 0.2) is 12.3 Å². The molecule has 0 saturated carbocycles. The highest BCUT2D eigenvalue weighted by Gasteiger charge is 2.15. The second-order valence-corrected chi connectivity index (χ2v) is 3.26. The van der Waals surface area contributed by atoms with E-state index in [9.17, 15) is 4.79 Å². The summed E-state index contributed by atoms with van der Waals surface area (Å²) in [6.45, 7) is 2.34. The molecule has 0 aromatic rings. The number of carbonyl (C=O) groups is 1. The Labute approximate surface area is 76.9 Å². The Kier molecular flexibility index (Phi) is 3.41. The Morgan fingerprint density at radius 1 is 1.75 bits per heavy atom. The van der Waals surface area contributed by atoms with Gasteiger partial charge in [-0.1, -0.05) is 17.7 Å². The fraction of sp³-hybridized carbons (Fsp3) is 0.625. The first-order chi connectivity index (χ1) is 5.70. The van der Waals surface area contributed by atoms with Crippen LogP contribution in [0.25, 0.3) is 0 Å². The molecule has 0 aliphatic carbocycles. The van der Waals surface area contributed by atoms with Crippen molar-refractivity contribution < 1.29 is 9.53 Å². The third-order valence-corrected chi connectivity index (χ3v) is 1.64. The number of carbonyl (C=O) groups excluding carboxylic acids is 1. The van der Waals surface area contributed by atoms with E-state index in [1.807, 2.05) is 6.08 Å². The lowest BCUT2D eigenvalue weighted by molar-refractivity contribution is 0.108. The summed E-state index contributed by atoms with van der Waals surface area (Å²) in [5.74, 6) is 0. The summed E-state index contributed by atoms with van der Waals surface area (Å²) in [7, 11) is 0. The van der Waals surface area contributed by atoms with E-state index in [-0.39, 0.29) is 6.09 Å². The van der Waals surface area contributed by atoms with Gasteiger partial charge in [0.05, 0.1) is 0 Å². The van der Waals surface area contributed by atoms with Crippen LogP contribution in [0.1, 0.15) is 19.8 Å². The molecule has 1 unspecified atom stereocenters. The van der Waals surface area contributed by atoms with E-state index in [0.717, 1.165) is 19.4 Å². The molecule has 0 N–H and O–H groups in total. The van der Waals surface area contributed by atoms with Crippen molar-refractivity contribution in [3.8, 4) is 0 Å². The highest BCUT2D eigenvalue weighted by Crippen LogP contribution is 2.09. The van der Waals surface area contributed by atoms with Crippen molar-refractivity contribution in [2.45, 2.75) is 25.3 Å². The maximum atomic E-state index is 11.2. The average molecular weight is 190 g/mol. The van der Waals surface area contributed by atoms with Crippen LogP contribution in [0, 0.1) is 0 Å². The van der Waals surface area contributed by atoms with Gasteiger partial charge in [-0.2, -0.15) is 0 Å². The third kappa shape index (κ3) is 2.74. The molecule has 0 spiro atoms. The number of amides is 1. The molecule has 12 heavy (non-hydrogen) atoms. The van der Waals surface area contributed by atoms with Crippen molar-refractivity contribution in [2.75, 3.05) is 6.54 Å². The lowest BCUT2D eigenvalue weighted by atomic mass is 10.2. The van der Waals surface area contributed by atoms with E-state index >= 15 is 0 Å². The zero-order chi connectivity index (χ0) is 8.97. The summed E-state index contributed by atoms with van der Waals surface area (Å²) in [5, 5.41) is 0. The van der Waals surface area contributed by atoms with E-state index in [0.29, 0.717) is 0 Å². The SMILES string of the molecule is CC(Cl)OC(=O)N1C=CCCC1. The van der Waals surface area contributed by atoms with Gasteiger partial charge in [0.2, 0.25) is 0 Å². The number of halogens is 1. The summed E-state index contributed by atoms with van der Waals surface area (Å²) in [5.41, 5.74) is -0.562. The Morgan fingerprint density at radius 3 is 3.00 bits per heavy atom. The van der Waals surface area contributed by atoms with Crippen LogP contribution in [0.5, 0.6) is 0 Å². The molecule has 0 aromatic carbocycles. The molecule has 0 aromatic heterocycles. The van der Waals surface area contributed by atoms with Crippen molar-refractivity contribution in [2.24, 2.45) is 0 Å². The highest BCUT2D eigenvalue weighted by atomic mass is 35.5. The number of ether oxygens (including phenoxy) is 1. The summed E-state index contributed by atoms with van der Waals surface area (Å²) in [6.07, 6.45) is 5.34. The van der Waals surface area contributed by atoms with E-state index < -0.39 is 5.56 Å². The van der Waals surface area contributed by atoms with Gasteiger partial charge in [0.25, 0.3) is 0 Å². The van der Waals surface area contributed by atoms with Crippen LogP contribution in [-0.4, -0.2) is 23.1 Å². The number of rotatable bonds is 1. The maximum Gasteiger partial charge on any atom is 0.415 e. The van der Waals surface area contributed by atoms with Crippen molar-refractivity contribution >= 4 is 17.7 Å². The summed E-state index contributed by atoms with van der Waals surface area (Å²) in [6, 6.07) is 0. The predicted molar refractivity (Wildman–Crippen MR) is 46.9 cm³/mol. The van der Waals surface area contributed by atoms with Gasteiger partial charge in [-0.05, 0) is 19.8 Å². The molecule has 0 bridgehead atoms. The standard InChI is InChI=1S/C8H12ClNO2/c1-7(9)12-8(11)10-5-3-2-4-6-10/h3,5,7H,2,4,6H2,1H3. The van der Waals surface area contributed by atoms with Gasteiger partial charge in [0.15, 0.2) is 5.56 Å². The number of alkyl halides is 1. The Hall–Kier alpha value is -0.700. The van der Waals surface area contributed by atoms with Crippen molar-refractivity contribution in [1.29, 1.82) is 0 Å². The number of hydrogen-bond donors (Lipinski definition) is 0. The maximum absolute atomic E-state index is 11.2. The predicted octanol–water partition coefficient (Wildman–Crippen LogP) is 2.32. The number of nitrogens with zero attached hydrogens (tertiary/aromatic N) is 1. The van der Waals surface area contributed by atoms with Crippen LogP contribution in [0.4, 0.5) is 4.79 Å². The molecule has 1 rings (SSSR count). The minimum atomic E-state index is -0.562. The largest absolute Gasteiger partial charge is 0.430 e. The fourth-order valence-electron chi connectivity index (χ4n) is 1.01. The molecule has 1 atom stereocenters. The van der Waals surface area contributed by atoms with Crippen LogP contribution in [0.3, 0.4) is 0 Å². The van der Waals surface area contributed by atoms with Crippen molar-refractivity contribution in [3.63, 3.8) is 0 Å². The van der Waals surface area contributed by atoms with Gasteiger partial charge in [-0.15, -0.1) is 0 Å². The minimum absolute atomic E-state index is 0.367. The monoisotopic (exact) mass is 189 g/mol. The lowest BCUT2D eigenvalue weighted by Crippen LogP contribution is -2.30. The summed E-state index contributed by atoms with van der Waals surface area (Å²) < 4.78 is 4.79. The number of hydrogen-bond acceptors (Lipinski definition) is 2. The van der Waals surface area contributed by atoms with E-state index in [1.54, 1.807) is 13.1 Å². The van der Waals surface area contributed by atoms with Gasteiger partial charge in [0.1, 0.15) is 0 Å². The lowest BCUT2D eigenvalue weighted by Gasteiger charge is -2.21. The molecule has 0 radical (unpaired) electrons.